The van der Waals surface area contributed by atoms with Crippen LogP contribution in [0.5, 0.6) is 0 Å². The number of benzene rings is 1. The van der Waals surface area contributed by atoms with Gasteiger partial charge in [0.2, 0.25) is 20.0 Å². The Hall–Kier alpha value is -1.12. The van der Waals surface area contributed by atoms with E-state index in [0.29, 0.717) is 23.2 Å². The first kappa shape index (κ1) is 14.9. The van der Waals surface area contributed by atoms with Crippen molar-refractivity contribution in [1.82, 2.24) is 0 Å². The number of hydrogen-bond acceptors (Lipinski definition) is 4. The molecule has 1 rings (SSSR count). The first-order chi connectivity index (χ1) is 8.04. The lowest BCUT2D eigenvalue weighted by Crippen LogP contribution is -2.16. The molecule has 0 aliphatic heterocycles. The summed E-state index contributed by atoms with van der Waals surface area (Å²) in [5.74, 6) is 0. The Labute approximate surface area is 107 Å². The van der Waals surface area contributed by atoms with Crippen molar-refractivity contribution in [2.24, 2.45) is 5.14 Å². The molecule has 0 bridgehead atoms. The third-order valence-corrected chi connectivity index (χ3v) is 3.86. The summed E-state index contributed by atoms with van der Waals surface area (Å²) < 4.78 is 47.5. The molecule has 18 heavy (non-hydrogen) atoms. The molecule has 8 heteroatoms. The standard InChI is InChI=1S/C10H16N2O4S2/c1-4-8-6-9(18(11,15)16)5-7(2)10(8)12-17(3,13)14/h5-6,12H,4H2,1-3H3,(H2,11,15,16). The number of rotatable bonds is 4. The molecule has 0 saturated heterocycles. The Kier molecular flexibility index (Phi) is 4.04. The molecular weight excluding hydrogens is 276 g/mol. The molecule has 1 aromatic rings. The van der Waals surface area contributed by atoms with Gasteiger partial charge < -0.3 is 0 Å². The fraction of sp³-hybridized carbons (Fsp3) is 0.400. The molecule has 0 aromatic heterocycles. The van der Waals surface area contributed by atoms with Crippen molar-refractivity contribution in [2.75, 3.05) is 11.0 Å². The number of sulfonamides is 2. The average Bonchev–Trinajstić information content (AvgIpc) is 2.17. The van der Waals surface area contributed by atoms with Gasteiger partial charge in [-0.2, -0.15) is 0 Å². The maximum absolute atomic E-state index is 11.3. The quantitative estimate of drug-likeness (QED) is 0.846. The van der Waals surface area contributed by atoms with Gasteiger partial charge in [0, 0.05) is 0 Å². The van der Waals surface area contributed by atoms with Gasteiger partial charge in [-0.15, -0.1) is 0 Å². The summed E-state index contributed by atoms with van der Waals surface area (Å²) in [4.78, 5) is -0.0177. The minimum atomic E-state index is -3.80. The largest absolute Gasteiger partial charge is 0.283 e. The van der Waals surface area contributed by atoms with Crippen LogP contribution in [0.1, 0.15) is 18.1 Å². The predicted octanol–water partition coefficient (Wildman–Crippen LogP) is 0.576. The number of primary sulfonamides is 1. The maximum Gasteiger partial charge on any atom is 0.238 e. The van der Waals surface area contributed by atoms with Crippen molar-refractivity contribution in [3.63, 3.8) is 0 Å². The van der Waals surface area contributed by atoms with Crippen molar-refractivity contribution < 1.29 is 16.8 Å². The van der Waals surface area contributed by atoms with Gasteiger partial charge in [0.05, 0.1) is 16.8 Å². The molecule has 0 spiro atoms. The molecule has 0 saturated carbocycles. The third kappa shape index (κ3) is 3.69. The minimum absolute atomic E-state index is 0.0177. The number of anilines is 1. The van der Waals surface area contributed by atoms with E-state index in [1.165, 1.54) is 12.1 Å². The van der Waals surface area contributed by atoms with Gasteiger partial charge in [0.15, 0.2) is 0 Å². The van der Waals surface area contributed by atoms with Crippen LogP contribution in [0.25, 0.3) is 0 Å². The number of hydrogen-bond donors (Lipinski definition) is 2. The molecule has 0 amide bonds. The summed E-state index contributed by atoms with van der Waals surface area (Å²) in [6.07, 6.45) is 1.53. The number of aryl methyl sites for hydroxylation is 2. The summed E-state index contributed by atoms with van der Waals surface area (Å²) in [6.45, 7) is 3.43. The van der Waals surface area contributed by atoms with Crippen LogP contribution in [0.2, 0.25) is 0 Å². The van der Waals surface area contributed by atoms with E-state index in [2.05, 4.69) is 4.72 Å². The van der Waals surface area contributed by atoms with Crippen molar-refractivity contribution in [3.05, 3.63) is 23.3 Å². The minimum Gasteiger partial charge on any atom is -0.283 e. The van der Waals surface area contributed by atoms with Gasteiger partial charge in [-0.1, -0.05) is 6.92 Å². The Morgan fingerprint density at radius 3 is 2.17 bits per heavy atom. The lowest BCUT2D eigenvalue weighted by Gasteiger charge is -2.14. The van der Waals surface area contributed by atoms with Gasteiger partial charge in [-0.05, 0) is 36.6 Å². The van der Waals surface area contributed by atoms with Crippen LogP contribution < -0.4 is 9.86 Å². The summed E-state index contributed by atoms with van der Waals surface area (Å²) in [5, 5.41) is 5.06. The highest BCUT2D eigenvalue weighted by Gasteiger charge is 2.15. The maximum atomic E-state index is 11.3. The van der Waals surface area contributed by atoms with E-state index in [4.69, 9.17) is 5.14 Å². The number of nitrogens with one attached hydrogen (secondary N) is 1. The van der Waals surface area contributed by atoms with Gasteiger partial charge >= 0.3 is 0 Å². The predicted molar refractivity (Wildman–Crippen MR) is 70.4 cm³/mol. The highest BCUT2D eigenvalue weighted by molar-refractivity contribution is 7.92. The molecule has 0 heterocycles. The molecule has 0 aliphatic rings. The first-order valence-electron chi connectivity index (χ1n) is 5.18. The summed E-state index contributed by atoms with van der Waals surface area (Å²) in [6, 6.07) is 2.73. The summed E-state index contributed by atoms with van der Waals surface area (Å²) in [5.41, 5.74) is 1.51. The first-order valence-corrected chi connectivity index (χ1v) is 8.62. The normalized spacial score (nSPS) is 12.4. The molecule has 0 unspecified atom stereocenters. The fourth-order valence-corrected chi connectivity index (χ4v) is 2.91. The zero-order valence-corrected chi connectivity index (χ0v) is 12.0. The Morgan fingerprint density at radius 1 is 1.22 bits per heavy atom. The van der Waals surface area contributed by atoms with Crippen LogP contribution >= 0.6 is 0 Å². The van der Waals surface area contributed by atoms with Crippen LogP contribution in [0.4, 0.5) is 5.69 Å². The lowest BCUT2D eigenvalue weighted by molar-refractivity contribution is 0.597. The second-order valence-electron chi connectivity index (χ2n) is 4.05. The van der Waals surface area contributed by atoms with Crippen LogP contribution in [0.3, 0.4) is 0 Å². The van der Waals surface area contributed by atoms with Crippen molar-refractivity contribution >= 4 is 25.7 Å². The zero-order valence-electron chi connectivity index (χ0n) is 10.4. The van der Waals surface area contributed by atoms with Crippen LogP contribution in [0, 0.1) is 6.92 Å². The van der Waals surface area contributed by atoms with E-state index in [1.54, 1.807) is 13.8 Å². The average molecular weight is 292 g/mol. The van der Waals surface area contributed by atoms with Crippen molar-refractivity contribution in [2.45, 2.75) is 25.2 Å². The Balaban J connectivity index is 3.48. The van der Waals surface area contributed by atoms with E-state index in [9.17, 15) is 16.8 Å². The van der Waals surface area contributed by atoms with E-state index in [-0.39, 0.29) is 4.90 Å². The SMILES string of the molecule is CCc1cc(S(N)(=O)=O)cc(C)c1NS(C)(=O)=O. The van der Waals surface area contributed by atoms with Crippen molar-refractivity contribution in [3.8, 4) is 0 Å². The second-order valence-corrected chi connectivity index (χ2v) is 7.36. The van der Waals surface area contributed by atoms with Crippen LogP contribution in [-0.2, 0) is 26.5 Å². The molecule has 0 radical (unpaired) electrons. The Morgan fingerprint density at radius 2 is 1.78 bits per heavy atom. The van der Waals surface area contributed by atoms with Gasteiger partial charge in [-0.25, -0.2) is 22.0 Å². The molecule has 102 valence electrons. The zero-order chi connectivity index (χ0) is 14.1. The van der Waals surface area contributed by atoms with Gasteiger partial charge in [0.1, 0.15) is 0 Å². The van der Waals surface area contributed by atoms with Gasteiger partial charge in [0.25, 0.3) is 0 Å². The van der Waals surface area contributed by atoms with Crippen molar-refractivity contribution in [1.29, 1.82) is 0 Å². The molecule has 0 atom stereocenters. The monoisotopic (exact) mass is 292 g/mol. The second kappa shape index (κ2) is 4.87. The van der Waals surface area contributed by atoms with Crippen LogP contribution in [-0.4, -0.2) is 23.1 Å². The summed E-state index contributed by atoms with van der Waals surface area (Å²) in [7, 11) is -7.21. The molecule has 0 fully saturated rings. The van der Waals surface area contributed by atoms with E-state index < -0.39 is 20.0 Å². The highest BCUT2D eigenvalue weighted by atomic mass is 32.2. The molecular formula is C10H16N2O4S2. The van der Waals surface area contributed by atoms with Gasteiger partial charge in [-0.3, -0.25) is 4.72 Å². The highest BCUT2D eigenvalue weighted by Crippen LogP contribution is 2.26. The Bertz CT molecular complexity index is 663. The third-order valence-electron chi connectivity index (χ3n) is 2.39. The summed E-state index contributed by atoms with van der Waals surface area (Å²) >= 11 is 0. The van der Waals surface area contributed by atoms with E-state index >= 15 is 0 Å². The topological polar surface area (TPSA) is 106 Å². The van der Waals surface area contributed by atoms with E-state index in [0.717, 1.165) is 6.26 Å². The molecule has 0 aliphatic carbocycles. The smallest absolute Gasteiger partial charge is 0.238 e. The molecule has 1 aromatic carbocycles. The van der Waals surface area contributed by atoms with E-state index in [1.807, 2.05) is 0 Å². The molecule has 6 nitrogen and oxygen atoms in total. The fourth-order valence-electron chi connectivity index (χ4n) is 1.60. The molecule has 3 N–H and O–H groups in total. The number of nitrogens with two attached hydrogens (primary N) is 1. The lowest BCUT2D eigenvalue weighted by atomic mass is 10.1. The van der Waals surface area contributed by atoms with Crippen LogP contribution in [0.15, 0.2) is 17.0 Å².